The number of sulfonamides is 1. The number of likely N-dealkylation sites (tertiary alicyclic amines) is 1. The van der Waals surface area contributed by atoms with Crippen molar-refractivity contribution in [3.05, 3.63) is 53.1 Å². The lowest BCUT2D eigenvalue weighted by Gasteiger charge is -2.32. The molecule has 1 amide bonds. The summed E-state index contributed by atoms with van der Waals surface area (Å²) in [5, 5.41) is 4.33. The number of benzene rings is 1. The number of rotatable bonds is 5. The molecule has 0 aliphatic carbocycles. The third-order valence-corrected chi connectivity index (χ3v) is 6.95. The van der Waals surface area contributed by atoms with Gasteiger partial charge >= 0.3 is 0 Å². The fourth-order valence-corrected chi connectivity index (χ4v) is 4.96. The molecular weight excluding hydrogens is 416 g/mol. The van der Waals surface area contributed by atoms with Gasteiger partial charge in [0.1, 0.15) is 0 Å². The average Bonchev–Trinajstić information content (AvgIpc) is 3.17. The smallest absolute Gasteiger partial charge is 0.293 e. The molecule has 0 saturated carbocycles. The number of aromatic nitrogens is 4. The van der Waals surface area contributed by atoms with Crippen LogP contribution in [0.4, 0.5) is 0 Å². The van der Waals surface area contributed by atoms with Gasteiger partial charge in [-0.15, -0.1) is 5.10 Å². The predicted octanol–water partition coefficient (Wildman–Crippen LogP) is 1.88. The van der Waals surface area contributed by atoms with E-state index in [4.69, 9.17) is 0 Å². The molecule has 164 valence electrons. The van der Waals surface area contributed by atoms with Crippen LogP contribution in [0.3, 0.4) is 0 Å². The van der Waals surface area contributed by atoms with Crippen LogP contribution in [-0.4, -0.2) is 58.4 Å². The third kappa shape index (κ3) is 4.59. The molecule has 1 N–H and O–H groups in total. The Morgan fingerprint density at radius 1 is 1.16 bits per heavy atom. The van der Waals surface area contributed by atoms with Crippen molar-refractivity contribution in [2.24, 2.45) is 5.92 Å². The number of piperidine rings is 1. The minimum Gasteiger partial charge on any atom is -0.336 e. The number of hydrogen-bond acceptors (Lipinski definition) is 6. The number of aryl methyl sites for hydroxylation is 3. The van der Waals surface area contributed by atoms with E-state index < -0.39 is 10.0 Å². The highest BCUT2D eigenvalue weighted by Gasteiger charge is 2.28. The van der Waals surface area contributed by atoms with Crippen LogP contribution >= 0.6 is 0 Å². The Bertz CT molecular complexity index is 1220. The Labute approximate surface area is 181 Å². The van der Waals surface area contributed by atoms with Crippen LogP contribution in [0.15, 0.2) is 35.2 Å². The number of carbonyl (C=O) groups is 1. The number of hydrogen-bond donors (Lipinski definition) is 1. The lowest BCUT2D eigenvalue weighted by Crippen LogP contribution is -2.44. The van der Waals surface area contributed by atoms with E-state index in [2.05, 4.69) is 19.8 Å². The van der Waals surface area contributed by atoms with Gasteiger partial charge in [0, 0.05) is 31.0 Å². The molecule has 1 unspecified atom stereocenters. The standard InChI is InChI=1S/C21H26N6O3S/c1-14-6-8-18(9-7-14)31(29,30)22-12-17-5-4-10-26(13-17)20(28)19-24-21-23-15(2)11-16(3)27(21)25-19/h6-9,11,17,22H,4-5,10,12-13H2,1-3H3. The first-order valence-corrected chi connectivity index (χ1v) is 11.8. The normalized spacial score (nSPS) is 17.3. The summed E-state index contributed by atoms with van der Waals surface area (Å²) in [6.07, 6.45) is 1.64. The van der Waals surface area contributed by atoms with Crippen molar-refractivity contribution in [2.45, 2.75) is 38.5 Å². The Kier molecular flexibility index (Phi) is 5.76. The van der Waals surface area contributed by atoms with Gasteiger partial charge in [-0.2, -0.15) is 4.98 Å². The maximum absolute atomic E-state index is 13.0. The van der Waals surface area contributed by atoms with Crippen LogP contribution in [0.2, 0.25) is 0 Å². The van der Waals surface area contributed by atoms with E-state index in [1.165, 1.54) is 0 Å². The molecule has 1 atom stereocenters. The van der Waals surface area contributed by atoms with E-state index in [1.807, 2.05) is 26.8 Å². The summed E-state index contributed by atoms with van der Waals surface area (Å²) in [6.45, 7) is 7.00. The molecule has 2 aromatic heterocycles. The van der Waals surface area contributed by atoms with Gasteiger partial charge in [-0.1, -0.05) is 17.7 Å². The number of nitrogens with zero attached hydrogens (tertiary/aromatic N) is 5. The van der Waals surface area contributed by atoms with Crippen LogP contribution in [-0.2, 0) is 10.0 Å². The summed E-state index contributed by atoms with van der Waals surface area (Å²) >= 11 is 0. The molecule has 4 rings (SSSR count). The number of nitrogens with one attached hydrogen (secondary N) is 1. The predicted molar refractivity (Wildman–Crippen MR) is 115 cm³/mol. The largest absolute Gasteiger partial charge is 0.336 e. The maximum atomic E-state index is 13.0. The van der Waals surface area contributed by atoms with E-state index in [-0.39, 0.29) is 29.1 Å². The van der Waals surface area contributed by atoms with E-state index in [1.54, 1.807) is 33.7 Å². The first-order valence-electron chi connectivity index (χ1n) is 10.3. The number of fused-ring (bicyclic) bond motifs is 1. The second kappa shape index (κ2) is 8.35. The Morgan fingerprint density at radius 2 is 1.90 bits per heavy atom. The second-order valence-electron chi connectivity index (χ2n) is 8.11. The van der Waals surface area contributed by atoms with Gasteiger partial charge in [-0.25, -0.2) is 22.6 Å². The zero-order valence-electron chi connectivity index (χ0n) is 17.9. The molecule has 1 aromatic carbocycles. The molecule has 31 heavy (non-hydrogen) atoms. The van der Waals surface area contributed by atoms with E-state index in [9.17, 15) is 13.2 Å². The molecule has 0 spiro atoms. The molecule has 1 saturated heterocycles. The zero-order valence-corrected chi connectivity index (χ0v) is 18.7. The van der Waals surface area contributed by atoms with Gasteiger partial charge in [0.2, 0.25) is 15.8 Å². The minimum absolute atomic E-state index is 0.0251. The van der Waals surface area contributed by atoms with E-state index in [0.29, 0.717) is 18.9 Å². The summed E-state index contributed by atoms with van der Waals surface area (Å²) < 4.78 is 29.4. The first kappa shape index (κ1) is 21.4. The molecule has 1 aliphatic rings. The fourth-order valence-electron chi connectivity index (χ4n) is 3.84. The molecule has 3 aromatic rings. The molecule has 10 heteroatoms. The average molecular weight is 443 g/mol. The SMILES string of the molecule is Cc1ccc(S(=O)(=O)NCC2CCCN(C(=O)c3nc4nc(C)cc(C)n4n3)C2)cc1. The summed E-state index contributed by atoms with van der Waals surface area (Å²) in [7, 11) is -3.58. The van der Waals surface area contributed by atoms with Crippen LogP contribution in [0, 0.1) is 26.7 Å². The van der Waals surface area contributed by atoms with Crippen molar-refractivity contribution in [3.63, 3.8) is 0 Å². The molecule has 1 fully saturated rings. The van der Waals surface area contributed by atoms with Crippen molar-refractivity contribution >= 4 is 21.7 Å². The second-order valence-corrected chi connectivity index (χ2v) is 9.88. The lowest BCUT2D eigenvalue weighted by atomic mass is 9.98. The van der Waals surface area contributed by atoms with Crippen molar-refractivity contribution in [3.8, 4) is 0 Å². The van der Waals surface area contributed by atoms with Gasteiger partial charge in [0.15, 0.2) is 0 Å². The Balaban J connectivity index is 1.43. The van der Waals surface area contributed by atoms with Crippen molar-refractivity contribution in [2.75, 3.05) is 19.6 Å². The van der Waals surface area contributed by atoms with Gasteiger partial charge in [0.25, 0.3) is 11.7 Å². The fraction of sp³-hybridized carbons (Fsp3) is 0.429. The maximum Gasteiger partial charge on any atom is 0.293 e. The lowest BCUT2D eigenvalue weighted by molar-refractivity contribution is 0.0664. The summed E-state index contributed by atoms with van der Waals surface area (Å²) in [6, 6.07) is 8.63. The Hall–Kier alpha value is -2.85. The summed E-state index contributed by atoms with van der Waals surface area (Å²) in [5.41, 5.74) is 2.67. The molecule has 3 heterocycles. The summed E-state index contributed by atoms with van der Waals surface area (Å²) in [4.78, 5) is 23.6. The monoisotopic (exact) mass is 442 g/mol. The third-order valence-electron chi connectivity index (χ3n) is 5.51. The highest BCUT2D eigenvalue weighted by molar-refractivity contribution is 7.89. The molecule has 0 radical (unpaired) electrons. The topological polar surface area (TPSA) is 110 Å². The molecule has 9 nitrogen and oxygen atoms in total. The van der Waals surface area contributed by atoms with Gasteiger partial charge < -0.3 is 4.90 Å². The first-order chi connectivity index (χ1) is 14.7. The molecular formula is C21H26N6O3S. The van der Waals surface area contributed by atoms with Crippen LogP contribution in [0.5, 0.6) is 0 Å². The van der Waals surface area contributed by atoms with Crippen molar-refractivity contribution in [1.29, 1.82) is 0 Å². The minimum atomic E-state index is -3.58. The van der Waals surface area contributed by atoms with Crippen LogP contribution < -0.4 is 4.72 Å². The van der Waals surface area contributed by atoms with Crippen molar-refractivity contribution < 1.29 is 13.2 Å². The zero-order chi connectivity index (χ0) is 22.2. The number of carbonyl (C=O) groups excluding carboxylic acids is 1. The highest BCUT2D eigenvalue weighted by atomic mass is 32.2. The quantitative estimate of drug-likeness (QED) is 0.646. The van der Waals surface area contributed by atoms with Gasteiger partial charge in [0.05, 0.1) is 4.90 Å². The number of amides is 1. The van der Waals surface area contributed by atoms with Crippen molar-refractivity contribution in [1.82, 2.24) is 29.2 Å². The molecule has 1 aliphatic heterocycles. The highest BCUT2D eigenvalue weighted by Crippen LogP contribution is 2.19. The van der Waals surface area contributed by atoms with Gasteiger partial charge in [-0.05, 0) is 57.7 Å². The van der Waals surface area contributed by atoms with E-state index >= 15 is 0 Å². The van der Waals surface area contributed by atoms with Crippen LogP contribution in [0.25, 0.3) is 5.78 Å². The molecule has 0 bridgehead atoms. The van der Waals surface area contributed by atoms with E-state index in [0.717, 1.165) is 29.8 Å². The van der Waals surface area contributed by atoms with Gasteiger partial charge in [-0.3, -0.25) is 4.79 Å². The Morgan fingerprint density at radius 3 is 2.65 bits per heavy atom. The van der Waals surface area contributed by atoms with Crippen LogP contribution in [0.1, 0.15) is 40.4 Å². The summed E-state index contributed by atoms with van der Waals surface area (Å²) in [5.74, 6) is 0.285.